The van der Waals surface area contributed by atoms with Crippen molar-refractivity contribution < 1.29 is 9.53 Å². The molecule has 34 heavy (non-hydrogen) atoms. The quantitative estimate of drug-likeness (QED) is 0.423. The summed E-state index contributed by atoms with van der Waals surface area (Å²) in [6.45, 7) is 2.62. The second kappa shape index (κ2) is 10.2. The molecule has 0 bridgehead atoms. The minimum absolute atomic E-state index is 0.0157. The molecule has 0 saturated carbocycles. The summed E-state index contributed by atoms with van der Waals surface area (Å²) in [4.78, 5) is 22.5. The third-order valence-corrected chi connectivity index (χ3v) is 6.63. The van der Waals surface area contributed by atoms with Crippen molar-refractivity contribution in [3.8, 4) is 0 Å². The minimum Gasteiger partial charge on any atom is -0.382 e. The van der Waals surface area contributed by atoms with Gasteiger partial charge in [-0.25, -0.2) is 0 Å². The van der Waals surface area contributed by atoms with Crippen LogP contribution in [0.25, 0.3) is 10.8 Å². The van der Waals surface area contributed by atoms with Crippen LogP contribution in [-0.4, -0.2) is 60.1 Å². The Kier molecular flexibility index (Phi) is 6.65. The topological polar surface area (TPSA) is 45.7 Å². The van der Waals surface area contributed by atoms with Gasteiger partial charge in [0.05, 0.1) is 24.3 Å². The van der Waals surface area contributed by atoms with Crippen LogP contribution >= 0.6 is 0 Å². The van der Waals surface area contributed by atoms with E-state index in [4.69, 9.17) is 4.74 Å². The summed E-state index contributed by atoms with van der Waals surface area (Å²) in [7, 11) is 1.70. The monoisotopic (exact) mass is 451 g/mol. The molecule has 1 aliphatic rings. The fourth-order valence-electron chi connectivity index (χ4n) is 5.04. The number of amides is 1. The third-order valence-electron chi connectivity index (χ3n) is 6.63. The highest BCUT2D eigenvalue weighted by molar-refractivity contribution is 6.06. The van der Waals surface area contributed by atoms with Gasteiger partial charge >= 0.3 is 0 Å². The third kappa shape index (κ3) is 4.45. The van der Waals surface area contributed by atoms with Crippen molar-refractivity contribution in [3.63, 3.8) is 0 Å². The molecule has 5 rings (SSSR count). The zero-order valence-electron chi connectivity index (χ0n) is 19.4. The molecule has 0 unspecified atom stereocenters. The van der Waals surface area contributed by atoms with Crippen LogP contribution in [0.2, 0.25) is 0 Å². The molecular formula is C29H29N3O2. The number of benzene rings is 3. The van der Waals surface area contributed by atoms with Crippen molar-refractivity contribution in [1.29, 1.82) is 0 Å². The number of carbonyl (C=O) groups excluding carboxylic acids is 1. The maximum atomic E-state index is 13.7. The van der Waals surface area contributed by atoms with E-state index in [2.05, 4.69) is 58.4 Å². The molecule has 1 saturated heterocycles. The van der Waals surface area contributed by atoms with Gasteiger partial charge in [-0.1, -0.05) is 84.9 Å². The lowest BCUT2D eigenvalue weighted by molar-refractivity contribution is 0.0145. The number of hydrogen-bond donors (Lipinski definition) is 0. The first-order valence-corrected chi connectivity index (χ1v) is 11.7. The van der Waals surface area contributed by atoms with Crippen LogP contribution in [0.5, 0.6) is 0 Å². The van der Waals surface area contributed by atoms with Crippen molar-refractivity contribution in [2.45, 2.75) is 12.1 Å². The van der Waals surface area contributed by atoms with E-state index in [9.17, 15) is 4.79 Å². The Morgan fingerprint density at radius 1 is 0.912 bits per heavy atom. The van der Waals surface area contributed by atoms with Gasteiger partial charge in [0.2, 0.25) is 0 Å². The highest BCUT2D eigenvalue weighted by atomic mass is 16.5. The number of hydrogen-bond acceptors (Lipinski definition) is 4. The predicted octanol–water partition coefficient (Wildman–Crippen LogP) is 4.80. The van der Waals surface area contributed by atoms with Gasteiger partial charge < -0.3 is 9.64 Å². The summed E-state index contributed by atoms with van der Waals surface area (Å²) in [5.41, 5.74) is 3.15. The molecular weight excluding hydrogens is 422 g/mol. The molecule has 0 spiro atoms. The molecule has 0 radical (unpaired) electrons. The van der Waals surface area contributed by atoms with Gasteiger partial charge in [0, 0.05) is 44.5 Å². The van der Waals surface area contributed by atoms with Crippen LogP contribution in [0.3, 0.4) is 0 Å². The van der Waals surface area contributed by atoms with Gasteiger partial charge in [-0.05, 0) is 16.5 Å². The van der Waals surface area contributed by atoms with Crippen molar-refractivity contribution in [2.24, 2.45) is 0 Å². The molecule has 1 atom stereocenters. The Morgan fingerprint density at radius 3 is 2.24 bits per heavy atom. The average Bonchev–Trinajstić information content (AvgIpc) is 2.90. The fraction of sp³-hybridized carbons (Fsp3) is 0.241. The molecule has 3 aromatic carbocycles. The molecule has 1 fully saturated rings. The van der Waals surface area contributed by atoms with E-state index in [-0.39, 0.29) is 18.0 Å². The molecule has 1 amide bonds. The van der Waals surface area contributed by atoms with Gasteiger partial charge in [-0.3, -0.25) is 14.7 Å². The van der Waals surface area contributed by atoms with Crippen LogP contribution in [0.4, 0.5) is 0 Å². The van der Waals surface area contributed by atoms with Crippen molar-refractivity contribution in [2.75, 3.05) is 33.4 Å². The lowest BCUT2D eigenvalue weighted by Crippen LogP contribution is -2.57. The molecule has 2 heterocycles. The maximum absolute atomic E-state index is 13.7. The van der Waals surface area contributed by atoms with Crippen molar-refractivity contribution in [3.05, 3.63) is 114 Å². The summed E-state index contributed by atoms with van der Waals surface area (Å²) < 4.78 is 5.59. The Labute approximate surface area is 200 Å². The van der Waals surface area contributed by atoms with Gasteiger partial charge in [-0.2, -0.15) is 0 Å². The summed E-state index contributed by atoms with van der Waals surface area (Å²) in [5.74, 6) is 0.0157. The number of methoxy groups -OCH3 is 1. The lowest BCUT2D eigenvalue weighted by Gasteiger charge is -2.44. The molecule has 0 N–H and O–H groups in total. The van der Waals surface area contributed by atoms with Crippen LogP contribution < -0.4 is 0 Å². The second-order valence-electron chi connectivity index (χ2n) is 8.73. The van der Waals surface area contributed by atoms with E-state index >= 15 is 0 Å². The Morgan fingerprint density at radius 2 is 1.56 bits per heavy atom. The molecule has 1 aromatic heterocycles. The minimum atomic E-state index is -0.0554. The van der Waals surface area contributed by atoms with Crippen LogP contribution in [0, 0.1) is 0 Å². The van der Waals surface area contributed by atoms with Gasteiger partial charge in [0.15, 0.2) is 0 Å². The zero-order chi connectivity index (χ0) is 23.3. The number of pyridine rings is 1. The summed E-state index contributed by atoms with van der Waals surface area (Å²) in [5, 5.41) is 1.91. The number of ether oxygens (including phenoxy) is 1. The standard InChI is InChI=1S/C29H29N3O2/c1-34-21-25-20-31(28(22-10-4-2-5-11-22)23-12-6-3-7-13-23)16-17-32(25)29(33)27-19-30-18-24-14-8-9-15-26(24)27/h2-15,18-19,25,28H,16-17,20-21H2,1H3/t25-/m0/s1. The molecule has 5 heteroatoms. The SMILES string of the molecule is COC[C@@H]1CN(C(c2ccccc2)c2ccccc2)CCN1C(=O)c1cncc2ccccc12. The summed E-state index contributed by atoms with van der Waals surface area (Å²) >= 11 is 0. The van der Waals surface area contributed by atoms with Crippen LogP contribution in [-0.2, 0) is 4.74 Å². The molecule has 5 nitrogen and oxygen atoms in total. The van der Waals surface area contributed by atoms with Crippen LogP contribution in [0.15, 0.2) is 97.3 Å². The van der Waals surface area contributed by atoms with E-state index in [1.807, 2.05) is 41.3 Å². The largest absolute Gasteiger partial charge is 0.382 e. The van der Waals surface area contributed by atoms with E-state index < -0.39 is 0 Å². The normalized spacial score (nSPS) is 16.8. The van der Waals surface area contributed by atoms with Crippen LogP contribution in [0.1, 0.15) is 27.5 Å². The maximum Gasteiger partial charge on any atom is 0.256 e. The number of nitrogens with zero attached hydrogens (tertiary/aromatic N) is 3. The van der Waals surface area contributed by atoms with E-state index in [0.717, 1.165) is 23.9 Å². The second-order valence-corrected chi connectivity index (χ2v) is 8.73. The van der Waals surface area contributed by atoms with E-state index in [1.165, 1.54) is 11.1 Å². The highest BCUT2D eigenvalue weighted by Gasteiger charge is 2.35. The van der Waals surface area contributed by atoms with Gasteiger partial charge in [-0.15, -0.1) is 0 Å². The number of aromatic nitrogens is 1. The number of fused-ring (bicyclic) bond motifs is 1. The van der Waals surface area contributed by atoms with Gasteiger partial charge in [0.25, 0.3) is 5.91 Å². The Bertz CT molecular complexity index is 1200. The number of rotatable bonds is 6. The number of carbonyl (C=O) groups is 1. The summed E-state index contributed by atoms with van der Waals surface area (Å²) in [6.07, 6.45) is 3.50. The van der Waals surface area contributed by atoms with Gasteiger partial charge in [0.1, 0.15) is 0 Å². The molecule has 172 valence electrons. The Hall–Kier alpha value is -3.54. The first kappa shape index (κ1) is 22.3. The smallest absolute Gasteiger partial charge is 0.256 e. The van der Waals surface area contributed by atoms with E-state index in [1.54, 1.807) is 19.5 Å². The van der Waals surface area contributed by atoms with E-state index in [0.29, 0.717) is 18.7 Å². The highest BCUT2D eigenvalue weighted by Crippen LogP contribution is 2.31. The first-order chi connectivity index (χ1) is 16.8. The molecule has 0 aliphatic carbocycles. The summed E-state index contributed by atoms with van der Waals surface area (Å²) in [6, 6.07) is 29.2. The van der Waals surface area contributed by atoms with Crippen molar-refractivity contribution >= 4 is 16.7 Å². The first-order valence-electron chi connectivity index (χ1n) is 11.7. The Balaban J connectivity index is 1.45. The number of piperazine rings is 1. The molecule has 4 aromatic rings. The lowest BCUT2D eigenvalue weighted by atomic mass is 9.95. The zero-order valence-corrected chi connectivity index (χ0v) is 19.4. The fourth-order valence-corrected chi connectivity index (χ4v) is 5.04. The van der Waals surface area contributed by atoms with Crippen molar-refractivity contribution in [1.82, 2.24) is 14.8 Å². The average molecular weight is 452 g/mol. The predicted molar refractivity (Wildman–Crippen MR) is 135 cm³/mol. The molecule has 1 aliphatic heterocycles.